The average molecular weight is 296 g/mol. The van der Waals surface area contributed by atoms with E-state index in [0.29, 0.717) is 19.3 Å². The lowest BCUT2D eigenvalue weighted by Gasteiger charge is -2.40. The minimum absolute atomic E-state index is 0.0881. The molecule has 0 bridgehead atoms. The number of carbonyl (C=O) groups excluding carboxylic acids is 1. The largest absolute Gasteiger partial charge is 0.409 e. The molecule has 6 nitrogen and oxygen atoms in total. The molecular formula is C13H20N4O2S. The van der Waals surface area contributed by atoms with Crippen LogP contribution in [-0.2, 0) is 11.2 Å². The van der Waals surface area contributed by atoms with Crippen molar-refractivity contribution in [1.29, 1.82) is 0 Å². The maximum atomic E-state index is 12.2. The summed E-state index contributed by atoms with van der Waals surface area (Å²) in [6, 6.07) is 3.84. The lowest BCUT2D eigenvalue weighted by atomic mass is 9.86. The second-order valence-electron chi connectivity index (χ2n) is 5.17. The van der Waals surface area contributed by atoms with E-state index in [4.69, 9.17) is 10.9 Å². The van der Waals surface area contributed by atoms with Crippen molar-refractivity contribution in [2.45, 2.75) is 24.8 Å². The average Bonchev–Trinajstić information content (AvgIpc) is 2.93. The molecule has 2 rings (SSSR count). The van der Waals surface area contributed by atoms with Crippen LogP contribution < -0.4 is 11.1 Å². The summed E-state index contributed by atoms with van der Waals surface area (Å²) in [7, 11) is 2.02. The first kappa shape index (κ1) is 14.8. The molecule has 7 heteroatoms. The van der Waals surface area contributed by atoms with Crippen LogP contribution in [-0.4, -0.2) is 47.5 Å². The zero-order chi connectivity index (χ0) is 14.6. The first-order valence-electron chi connectivity index (χ1n) is 6.56. The van der Waals surface area contributed by atoms with Gasteiger partial charge in [0.1, 0.15) is 5.54 Å². The molecule has 1 aromatic heterocycles. The summed E-state index contributed by atoms with van der Waals surface area (Å²) >= 11 is 1.55. The minimum atomic E-state index is -0.727. The second kappa shape index (κ2) is 6.23. The van der Waals surface area contributed by atoms with Gasteiger partial charge in [-0.05, 0) is 31.3 Å². The van der Waals surface area contributed by atoms with E-state index >= 15 is 0 Å². The fourth-order valence-electron chi connectivity index (χ4n) is 2.42. The van der Waals surface area contributed by atoms with Gasteiger partial charge >= 0.3 is 0 Å². The van der Waals surface area contributed by atoms with Crippen LogP contribution in [0.15, 0.2) is 22.7 Å². The van der Waals surface area contributed by atoms with E-state index in [1.54, 1.807) is 11.3 Å². The number of nitrogens with zero attached hydrogens (tertiary/aromatic N) is 2. The molecule has 0 saturated carbocycles. The third-order valence-corrected chi connectivity index (χ3v) is 4.61. The van der Waals surface area contributed by atoms with Crippen molar-refractivity contribution >= 4 is 23.1 Å². The number of hydrogen-bond donors (Lipinski definition) is 3. The Morgan fingerprint density at radius 1 is 1.60 bits per heavy atom. The molecule has 4 N–H and O–H groups in total. The number of rotatable bonds is 4. The molecule has 0 unspecified atom stereocenters. The number of amidine groups is 1. The van der Waals surface area contributed by atoms with E-state index in [1.165, 1.54) is 0 Å². The number of likely N-dealkylation sites (tertiary alicyclic amines) is 1. The third-order valence-electron chi connectivity index (χ3n) is 3.73. The highest BCUT2D eigenvalue weighted by Crippen LogP contribution is 2.22. The number of hydrogen-bond acceptors (Lipinski definition) is 5. The van der Waals surface area contributed by atoms with Gasteiger partial charge in [0, 0.05) is 18.0 Å². The lowest BCUT2D eigenvalue weighted by molar-refractivity contribution is -0.122. The lowest BCUT2D eigenvalue weighted by Crippen LogP contribution is -2.62. The van der Waals surface area contributed by atoms with Crippen molar-refractivity contribution < 1.29 is 10.0 Å². The maximum Gasteiger partial charge on any atom is 0.226 e. The molecule has 2 heterocycles. The summed E-state index contributed by atoms with van der Waals surface area (Å²) in [5.74, 6) is -0.00580. The number of oxime groups is 1. The van der Waals surface area contributed by atoms with Gasteiger partial charge in [0.05, 0.1) is 6.42 Å². The molecule has 20 heavy (non-hydrogen) atoms. The Morgan fingerprint density at radius 3 is 2.85 bits per heavy atom. The van der Waals surface area contributed by atoms with Crippen molar-refractivity contribution in [1.82, 2.24) is 10.2 Å². The fraction of sp³-hybridized carbons (Fsp3) is 0.538. The second-order valence-corrected chi connectivity index (χ2v) is 6.21. The van der Waals surface area contributed by atoms with Crippen LogP contribution in [0.3, 0.4) is 0 Å². The van der Waals surface area contributed by atoms with Crippen molar-refractivity contribution in [3.8, 4) is 0 Å². The Labute approximate surface area is 122 Å². The predicted molar refractivity (Wildman–Crippen MR) is 79.0 cm³/mol. The van der Waals surface area contributed by atoms with Gasteiger partial charge in [0.2, 0.25) is 5.91 Å². The van der Waals surface area contributed by atoms with Crippen LogP contribution in [0, 0.1) is 0 Å². The van der Waals surface area contributed by atoms with Crippen molar-refractivity contribution in [2.75, 3.05) is 20.1 Å². The fourth-order valence-corrected chi connectivity index (χ4v) is 3.13. The molecule has 0 aromatic carbocycles. The molecule has 1 aliphatic rings. The van der Waals surface area contributed by atoms with Crippen molar-refractivity contribution in [3.05, 3.63) is 22.4 Å². The van der Waals surface area contributed by atoms with Crippen LogP contribution in [0.4, 0.5) is 0 Å². The van der Waals surface area contributed by atoms with E-state index < -0.39 is 5.54 Å². The van der Waals surface area contributed by atoms with E-state index in [0.717, 1.165) is 18.0 Å². The van der Waals surface area contributed by atoms with E-state index in [-0.39, 0.29) is 11.7 Å². The Bertz CT molecular complexity index is 479. The summed E-state index contributed by atoms with van der Waals surface area (Å²) in [6.07, 6.45) is 1.62. The van der Waals surface area contributed by atoms with Gasteiger partial charge in [-0.1, -0.05) is 11.2 Å². The molecule has 1 amide bonds. The number of amides is 1. The van der Waals surface area contributed by atoms with Gasteiger partial charge in [-0.15, -0.1) is 11.3 Å². The SMILES string of the molecule is CN1CCC(NC(=O)Cc2cccs2)(/C(N)=N/O)CC1. The molecule has 1 aliphatic heterocycles. The molecule has 0 aliphatic carbocycles. The van der Waals surface area contributed by atoms with Crippen LogP contribution >= 0.6 is 11.3 Å². The predicted octanol–water partition coefficient (Wildman–Crippen LogP) is 0.618. The van der Waals surface area contributed by atoms with Gasteiger partial charge < -0.3 is 21.2 Å². The molecule has 0 spiro atoms. The summed E-state index contributed by atoms with van der Waals surface area (Å²) in [6.45, 7) is 1.60. The van der Waals surface area contributed by atoms with E-state index in [2.05, 4.69) is 15.4 Å². The van der Waals surface area contributed by atoms with Gasteiger partial charge in [0.25, 0.3) is 0 Å². The number of thiophene rings is 1. The van der Waals surface area contributed by atoms with Crippen molar-refractivity contribution in [2.24, 2.45) is 10.9 Å². The Hall–Kier alpha value is -1.60. The quantitative estimate of drug-likeness (QED) is 0.329. The monoisotopic (exact) mass is 296 g/mol. The molecule has 0 radical (unpaired) electrons. The summed E-state index contributed by atoms with van der Waals surface area (Å²) in [5, 5.41) is 17.0. The van der Waals surface area contributed by atoms with Crippen LogP contribution in [0.1, 0.15) is 17.7 Å². The van der Waals surface area contributed by atoms with Gasteiger partial charge in [-0.3, -0.25) is 4.79 Å². The highest BCUT2D eigenvalue weighted by Gasteiger charge is 2.39. The molecule has 1 fully saturated rings. The third kappa shape index (κ3) is 3.29. The Balaban J connectivity index is 2.06. The maximum absolute atomic E-state index is 12.2. The Kier molecular flexibility index (Phi) is 4.61. The standard InChI is InChI=1S/C13H20N4O2S/c1-17-6-4-13(5-7-17,12(14)16-19)15-11(18)9-10-3-2-8-20-10/h2-3,8,19H,4-7,9H2,1H3,(H2,14,16)(H,15,18). The van der Waals surface area contributed by atoms with Gasteiger partial charge in [0.15, 0.2) is 5.84 Å². The normalized spacial score (nSPS) is 19.8. The Morgan fingerprint density at radius 2 is 2.30 bits per heavy atom. The molecule has 1 saturated heterocycles. The molecule has 110 valence electrons. The summed E-state index contributed by atoms with van der Waals surface area (Å²) < 4.78 is 0. The number of piperidine rings is 1. The zero-order valence-corrected chi connectivity index (χ0v) is 12.3. The topological polar surface area (TPSA) is 91.0 Å². The minimum Gasteiger partial charge on any atom is -0.409 e. The highest BCUT2D eigenvalue weighted by atomic mass is 32.1. The summed E-state index contributed by atoms with van der Waals surface area (Å²) in [5.41, 5.74) is 5.09. The van der Waals surface area contributed by atoms with Gasteiger partial charge in [-0.25, -0.2) is 0 Å². The number of nitrogens with two attached hydrogens (primary N) is 1. The van der Waals surface area contributed by atoms with Gasteiger partial charge in [-0.2, -0.15) is 0 Å². The van der Waals surface area contributed by atoms with E-state index in [1.807, 2.05) is 24.6 Å². The van der Waals surface area contributed by atoms with Crippen LogP contribution in [0.25, 0.3) is 0 Å². The number of nitrogens with one attached hydrogen (secondary N) is 1. The molecule has 1 aromatic rings. The van der Waals surface area contributed by atoms with Crippen LogP contribution in [0.5, 0.6) is 0 Å². The van der Waals surface area contributed by atoms with Crippen LogP contribution in [0.2, 0.25) is 0 Å². The summed E-state index contributed by atoms with van der Waals surface area (Å²) in [4.78, 5) is 15.3. The molecule has 0 atom stereocenters. The smallest absolute Gasteiger partial charge is 0.226 e. The highest BCUT2D eigenvalue weighted by molar-refractivity contribution is 7.10. The molecular weight excluding hydrogens is 276 g/mol. The van der Waals surface area contributed by atoms with Crippen molar-refractivity contribution in [3.63, 3.8) is 0 Å². The zero-order valence-electron chi connectivity index (χ0n) is 11.5. The number of carbonyl (C=O) groups is 1. The first-order valence-corrected chi connectivity index (χ1v) is 7.44. The first-order chi connectivity index (χ1) is 9.55. The van der Waals surface area contributed by atoms with E-state index in [9.17, 15) is 4.79 Å².